The lowest BCUT2D eigenvalue weighted by molar-refractivity contribution is 0.531. The Morgan fingerprint density at radius 1 is 0.689 bits per heavy atom. The summed E-state index contributed by atoms with van der Waals surface area (Å²) in [5.74, 6) is 3.46. The Hall–Kier alpha value is -6.34. The van der Waals surface area contributed by atoms with Gasteiger partial charge in [-0.15, -0.1) is 6.42 Å². The third-order valence-corrected chi connectivity index (χ3v) is 20.0. The molecule has 0 amide bonds. The van der Waals surface area contributed by atoms with Gasteiger partial charge in [0.2, 0.25) is 0 Å². The predicted molar refractivity (Wildman–Crippen MR) is 263 cm³/mol. The second-order valence-electron chi connectivity index (χ2n) is 18.2. The van der Waals surface area contributed by atoms with Crippen molar-refractivity contribution in [2.75, 3.05) is 9.80 Å². The zero-order valence-electron chi connectivity index (χ0n) is 35.5. The molecule has 5 aliphatic rings. The van der Waals surface area contributed by atoms with Crippen molar-refractivity contribution in [2.24, 2.45) is 5.92 Å². The molecule has 3 aliphatic heterocycles. The average molecular weight is 805 g/mol. The first-order chi connectivity index (χ1) is 29.9. The number of nitrogens with zero attached hydrogens (tertiary/aromatic N) is 2. The topological polar surface area (TPSA) is 6.48 Å². The number of anilines is 4. The third-order valence-electron chi connectivity index (χ3n) is 14.7. The van der Waals surface area contributed by atoms with Gasteiger partial charge in [0, 0.05) is 45.0 Å². The summed E-state index contributed by atoms with van der Waals surface area (Å²) in [4.78, 5) is 5.08. The zero-order chi connectivity index (χ0) is 41.3. The first-order valence-electron chi connectivity index (χ1n) is 22.4. The second kappa shape index (κ2) is 14.7. The maximum atomic E-state index is 6.20. The molecule has 2 atom stereocenters. The molecule has 2 nitrogen and oxygen atoms in total. The zero-order valence-corrected chi connectivity index (χ0v) is 36.5. The summed E-state index contributed by atoms with van der Waals surface area (Å²) in [6.07, 6.45) is 28.9. The summed E-state index contributed by atoms with van der Waals surface area (Å²) < 4.78 is 0. The quantitative estimate of drug-likeness (QED) is 0.0973. The van der Waals surface area contributed by atoms with E-state index in [4.69, 9.17) is 6.42 Å². The van der Waals surface area contributed by atoms with Crippen molar-refractivity contribution >= 4 is 64.1 Å². The Balaban J connectivity index is 0.944. The number of para-hydroxylation sites is 2. The van der Waals surface area contributed by atoms with E-state index >= 15 is 0 Å². The molecular formula is C58H52N2Si. The normalized spacial score (nSPS) is 20.5. The lowest BCUT2D eigenvalue weighted by atomic mass is 9.81. The van der Waals surface area contributed by atoms with E-state index in [0.717, 1.165) is 24.1 Å². The number of benzene rings is 6. The first kappa shape index (κ1) is 37.6. The highest BCUT2D eigenvalue weighted by Gasteiger charge is 2.47. The Labute approximate surface area is 363 Å². The maximum absolute atomic E-state index is 6.20. The fourth-order valence-electron chi connectivity index (χ4n) is 11.8. The van der Waals surface area contributed by atoms with Gasteiger partial charge in [-0.25, -0.2) is 0 Å². The van der Waals surface area contributed by atoms with Crippen molar-refractivity contribution < 1.29 is 0 Å². The van der Waals surface area contributed by atoms with E-state index in [0.29, 0.717) is 5.92 Å². The minimum Gasteiger partial charge on any atom is -0.333 e. The second-order valence-corrected chi connectivity index (χ2v) is 22.5. The van der Waals surface area contributed by atoms with Crippen LogP contribution in [0.25, 0.3) is 34.1 Å². The van der Waals surface area contributed by atoms with Crippen LogP contribution in [0.3, 0.4) is 0 Å². The van der Waals surface area contributed by atoms with Crippen molar-refractivity contribution in [3.8, 4) is 23.5 Å². The van der Waals surface area contributed by atoms with Crippen molar-refractivity contribution in [2.45, 2.75) is 70.0 Å². The summed E-state index contributed by atoms with van der Waals surface area (Å²) in [5, 5.41) is 5.71. The summed E-state index contributed by atoms with van der Waals surface area (Å²) in [5.41, 5.74) is 15.2. The number of fused-ring (bicyclic) bond motifs is 9. The molecule has 0 aromatic heterocycles. The Kier molecular flexibility index (Phi) is 9.06. The smallest absolute Gasteiger partial charge is 0.123 e. The van der Waals surface area contributed by atoms with Gasteiger partial charge in [-0.1, -0.05) is 166 Å². The first-order valence-corrected chi connectivity index (χ1v) is 24.8. The minimum atomic E-state index is -1.79. The van der Waals surface area contributed by atoms with Gasteiger partial charge in [0.1, 0.15) is 8.07 Å². The molecule has 298 valence electrons. The fraction of sp³-hybridized carbons (Fsp3) is 0.207. The maximum Gasteiger partial charge on any atom is 0.123 e. The van der Waals surface area contributed by atoms with Crippen LogP contribution in [0.5, 0.6) is 0 Å². The molecule has 6 aromatic rings. The van der Waals surface area contributed by atoms with Crippen molar-refractivity contribution in [3.63, 3.8) is 0 Å². The Morgan fingerprint density at radius 3 is 2.11 bits per heavy atom. The van der Waals surface area contributed by atoms with Gasteiger partial charge >= 0.3 is 0 Å². The highest BCUT2D eigenvalue weighted by atomic mass is 28.3. The van der Waals surface area contributed by atoms with E-state index < -0.39 is 8.07 Å². The average Bonchev–Trinajstić information content (AvgIpc) is 3.82. The molecule has 0 radical (unpaired) electrons. The molecule has 6 aromatic carbocycles. The van der Waals surface area contributed by atoms with E-state index in [-0.39, 0.29) is 11.5 Å². The molecule has 1 spiro atoms. The third kappa shape index (κ3) is 5.83. The van der Waals surface area contributed by atoms with E-state index in [1.807, 2.05) is 0 Å². The van der Waals surface area contributed by atoms with Crippen LogP contribution in [-0.4, -0.2) is 14.1 Å². The fourth-order valence-corrected chi connectivity index (χ4v) is 17.3. The molecule has 61 heavy (non-hydrogen) atoms. The SMILES string of the molecule is C#CC1=C(C=CC)N(c2cccc3c(C=Cc4ccc5c(c4)C(C)(C)c4cc(N6c7ccccc7[Si]7(CCCC7)c7ccccc76)ccc4-5)cccc23)C2C=CC=CC2CC1. The van der Waals surface area contributed by atoms with E-state index in [1.54, 1.807) is 10.4 Å². The molecule has 11 rings (SSSR count). The van der Waals surface area contributed by atoms with Crippen LogP contribution >= 0.6 is 0 Å². The van der Waals surface area contributed by atoms with Crippen LogP contribution in [0.15, 0.2) is 169 Å². The van der Waals surface area contributed by atoms with Gasteiger partial charge in [0.05, 0.1) is 11.7 Å². The van der Waals surface area contributed by atoms with Crippen LogP contribution in [0.1, 0.15) is 68.7 Å². The summed E-state index contributed by atoms with van der Waals surface area (Å²) in [6.45, 7) is 6.90. The molecule has 1 saturated heterocycles. The molecule has 1 fully saturated rings. The standard InChI is InChI=1S/C58H52N2Si/c1-5-17-51-41(6-2)31-32-43-18-7-8-22-52(43)60(51)53-25-16-20-45-42(19-15-21-48(45)53)30-28-40-29-34-46-47-35-33-44(39-50(47)58(3,4)49(46)38-40)59-54-23-9-11-26-56(54)61(36-13-14-37-61)57-27-12-10-24-55(57)59/h2,5,7-12,15-30,33-35,38-39,43,52H,13-14,31-32,36-37H2,1,3-4H3. The molecule has 3 heterocycles. The molecule has 0 bridgehead atoms. The molecule has 0 saturated carbocycles. The number of hydrogen-bond donors (Lipinski definition) is 0. The predicted octanol–water partition coefficient (Wildman–Crippen LogP) is 13.6. The highest BCUT2D eigenvalue weighted by molar-refractivity contribution is 7.05. The van der Waals surface area contributed by atoms with Crippen molar-refractivity contribution in [3.05, 3.63) is 191 Å². The van der Waals surface area contributed by atoms with Gasteiger partial charge < -0.3 is 9.80 Å². The largest absolute Gasteiger partial charge is 0.333 e. The minimum absolute atomic E-state index is 0.154. The summed E-state index contributed by atoms with van der Waals surface area (Å²) in [7, 11) is -1.79. The Morgan fingerprint density at radius 2 is 1.36 bits per heavy atom. The molecule has 3 heteroatoms. The van der Waals surface area contributed by atoms with Gasteiger partial charge in [-0.3, -0.25) is 0 Å². The van der Waals surface area contributed by atoms with Crippen molar-refractivity contribution in [1.29, 1.82) is 0 Å². The van der Waals surface area contributed by atoms with E-state index in [9.17, 15) is 0 Å². The summed E-state index contributed by atoms with van der Waals surface area (Å²) >= 11 is 0. The van der Waals surface area contributed by atoms with Gasteiger partial charge in [-0.05, 0) is 117 Å². The molecule has 0 N–H and O–H groups in total. The van der Waals surface area contributed by atoms with Gasteiger partial charge in [-0.2, -0.15) is 0 Å². The van der Waals surface area contributed by atoms with Gasteiger partial charge in [0.15, 0.2) is 0 Å². The van der Waals surface area contributed by atoms with Crippen molar-refractivity contribution in [1.82, 2.24) is 0 Å². The highest BCUT2D eigenvalue weighted by Crippen LogP contribution is 2.52. The lowest BCUT2D eigenvalue weighted by Gasteiger charge is -2.43. The summed E-state index contributed by atoms with van der Waals surface area (Å²) in [6, 6.07) is 49.4. The number of rotatable bonds is 5. The number of allylic oxidation sites excluding steroid dienone is 5. The molecular weight excluding hydrogens is 753 g/mol. The number of terminal acetylenes is 1. The van der Waals surface area contributed by atoms with Crippen LogP contribution in [0.4, 0.5) is 22.7 Å². The molecule has 2 aliphatic carbocycles. The van der Waals surface area contributed by atoms with Crippen LogP contribution in [0, 0.1) is 18.3 Å². The Bertz CT molecular complexity index is 2910. The van der Waals surface area contributed by atoms with E-state index in [1.165, 1.54) is 91.8 Å². The van der Waals surface area contributed by atoms with E-state index in [2.05, 4.69) is 206 Å². The van der Waals surface area contributed by atoms with Gasteiger partial charge in [0.25, 0.3) is 0 Å². The monoisotopic (exact) mass is 804 g/mol. The lowest BCUT2D eigenvalue weighted by Crippen LogP contribution is -2.60. The van der Waals surface area contributed by atoms with Crippen LogP contribution < -0.4 is 20.2 Å². The molecule has 2 unspecified atom stereocenters. The number of hydrogen-bond acceptors (Lipinski definition) is 2. The van der Waals surface area contributed by atoms with Crippen LogP contribution in [0.2, 0.25) is 12.1 Å². The van der Waals surface area contributed by atoms with Crippen LogP contribution in [-0.2, 0) is 5.41 Å².